The van der Waals surface area contributed by atoms with E-state index in [-0.39, 0.29) is 6.61 Å². The van der Waals surface area contributed by atoms with E-state index in [9.17, 15) is 5.11 Å². The van der Waals surface area contributed by atoms with Crippen molar-refractivity contribution in [2.24, 2.45) is 0 Å². The number of ether oxygens (including phenoxy) is 2. The first-order chi connectivity index (χ1) is 14.7. The van der Waals surface area contributed by atoms with Crippen LogP contribution in [-0.2, 0) is 6.61 Å². The van der Waals surface area contributed by atoms with Crippen molar-refractivity contribution in [2.45, 2.75) is 25.5 Å². The molecule has 1 aliphatic rings. The second kappa shape index (κ2) is 9.51. The van der Waals surface area contributed by atoms with E-state index in [1.807, 2.05) is 30.3 Å². The number of nitrogens with one attached hydrogen (secondary N) is 2. The SMILES string of the molecule is COc1ccc(Oc2nc(-c3cncc(CO)c3)ncc2NCC2CCCN2)cc1. The number of aliphatic hydroxyl groups is 1. The number of anilines is 1. The van der Waals surface area contributed by atoms with Gasteiger partial charge in [0, 0.05) is 30.5 Å². The summed E-state index contributed by atoms with van der Waals surface area (Å²) < 4.78 is 11.3. The summed E-state index contributed by atoms with van der Waals surface area (Å²) in [6.45, 7) is 1.72. The van der Waals surface area contributed by atoms with Gasteiger partial charge in [-0.1, -0.05) is 0 Å². The van der Waals surface area contributed by atoms with Crippen LogP contribution in [-0.4, -0.2) is 46.3 Å². The molecular weight excluding hydrogens is 382 g/mol. The van der Waals surface area contributed by atoms with Crippen LogP contribution in [0.25, 0.3) is 11.4 Å². The molecule has 0 amide bonds. The van der Waals surface area contributed by atoms with Gasteiger partial charge in [0.2, 0.25) is 5.88 Å². The number of aliphatic hydroxyl groups excluding tert-OH is 1. The highest BCUT2D eigenvalue weighted by Crippen LogP contribution is 2.30. The van der Waals surface area contributed by atoms with Crippen LogP contribution in [0.5, 0.6) is 17.4 Å². The first-order valence-corrected chi connectivity index (χ1v) is 9.96. The van der Waals surface area contributed by atoms with Crippen molar-refractivity contribution in [2.75, 3.05) is 25.5 Å². The number of methoxy groups -OCH3 is 1. The lowest BCUT2D eigenvalue weighted by molar-refractivity contribution is 0.281. The fourth-order valence-electron chi connectivity index (χ4n) is 3.32. The van der Waals surface area contributed by atoms with Crippen LogP contribution in [0.3, 0.4) is 0 Å². The second-order valence-electron chi connectivity index (χ2n) is 7.10. The molecule has 3 heterocycles. The summed E-state index contributed by atoms with van der Waals surface area (Å²) in [5.74, 6) is 2.30. The average molecular weight is 407 g/mol. The number of nitrogens with zero attached hydrogens (tertiary/aromatic N) is 3. The minimum Gasteiger partial charge on any atom is -0.497 e. The maximum absolute atomic E-state index is 9.39. The van der Waals surface area contributed by atoms with Crippen molar-refractivity contribution in [3.8, 4) is 28.8 Å². The van der Waals surface area contributed by atoms with E-state index in [1.165, 1.54) is 6.42 Å². The fourth-order valence-corrected chi connectivity index (χ4v) is 3.32. The molecule has 0 radical (unpaired) electrons. The fraction of sp³-hybridized carbons (Fsp3) is 0.318. The first kappa shape index (κ1) is 20.1. The molecule has 1 fully saturated rings. The summed E-state index contributed by atoms with van der Waals surface area (Å²) in [4.78, 5) is 13.3. The predicted molar refractivity (Wildman–Crippen MR) is 114 cm³/mol. The molecule has 1 aromatic carbocycles. The molecule has 156 valence electrons. The average Bonchev–Trinajstić information content (AvgIpc) is 3.32. The molecule has 3 N–H and O–H groups in total. The Morgan fingerprint density at radius 3 is 2.73 bits per heavy atom. The van der Waals surface area contributed by atoms with Crippen LogP contribution in [0, 0.1) is 0 Å². The van der Waals surface area contributed by atoms with E-state index < -0.39 is 0 Å². The van der Waals surface area contributed by atoms with Gasteiger partial charge in [-0.05, 0) is 55.3 Å². The second-order valence-corrected chi connectivity index (χ2v) is 7.10. The number of hydrogen-bond donors (Lipinski definition) is 3. The van der Waals surface area contributed by atoms with Crippen LogP contribution < -0.4 is 20.1 Å². The third-order valence-electron chi connectivity index (χ3n) is 4.96. The third kappa shape index (κ3) is 4.84. The van der Waals surface area contributed by atoms with Gasteiger partial charge in [0.25, 0.3) is 0 Å². The molecule has 1 unspecified atom stereocenters. The molecule has 3 aromatic rings. The van der Waals surface area contributed by atoms with E-state index in [1.54, 1.807) is 25.7 Å². The molecule has 2 aromatic heterocycles. The quantitative estimate of drug-likeness (QED) is 0.524. The van der Waals surface area contributed by atoms with Gasteiger partial charge in [-0.2, -0.15) is 4.98 Å². The molecule has 1 atom stereocenters. The van der Waals surface area contributed by atoms with Crippen molar-refractivity contribution in [1.82, 2.24) is 20.3 Å². The summed E-state index contributed by atoms with van der Waals surface area (Å²) in [5.41, 5.74) is 2.13. The van der Waals surface area contributed by atoms with Crippen LogP contribution in [0.15, 0.2) is 48.9 Å². The molecule has 30 heavy (non-hydrogen) atoms. The third-order valence-corrected chi connectivity index (χ3v) is 4.96. The first-order valence-electron chi connectivity index (χ1n) is 9.96. The lowest BCUT2D eigenvalue weighted by Crippen LogP contribution is -2.29. The van der Waals surface area contributed by atoms with Gasteiger partial charge in [-0.25, -0.2) is 4.98 Å². The molecule has 0 saturated carbocycles. The van der Waals surface area contributed by atoms with Gasteiger partial charge < -0.3 is 25.2 Å². The minimum atomic E-state index is -0.0932. The van der Waals surface area contributed by atoms with Crippen molar-refractivity contribution < 1.29 is 14.6 Å². The number of aromatic nitrogens is 3. The molecule has 0 aliphatic carbocycles. The monoisotopic (exact) mass is 407 g/mol. The van der Waals surface area contributed by atoms with E-state index in [0.29, 0.717) is 34.6 Å². The van der Waals surface area contributed by atoms with Crippen LogP contribution in [0.1, 0.15) is 18.4 Å². The Balaban J connectivity index is 1.62. The maximum atomic E-state index is 9.39. The van der Waals surface area contributed by atoms with E-state index in [4.69, 9.17) is 9.47 Å². The van der Waals surface area contributed by atoms with Crippen molar-refractivity contribution in [1.29, 1.82) is 0 Å². The highest BCUT2D eigenvalue weighted by molar-refractivity contribution is 5.60. The Labute approximate surface area is 175 Å². The zero-order valence-corrected chi connectivity index (χ0v) is 16.8. The molecule has 1 saturated heterocycles. The summed E-state index contributed by atoms with van der Waals surface area (Å²) in [6.07, 6.45) is 7.33. The summed E-state index contributed by atoms with van der Waals surface area (Å²) in [6, 6.07) is 9.57. The molecule has 0 bridgehead atoms. The molecule has 0 spiro atoms. The molecule has 4 rings (SSSR count). The van der Waals surface area contributed by atoms with Gasteiger partial charge in [0.1, 0.15) is 17.2 Å². The van der Waals surface area contributed by atoms with Gasteiger partial charge in [-0.15, -0.1) is 0 Å². The molecule has 8 heteroatoms. The van der Waals surface area contributed by atoms with E-state index in [2.05, 4.69) is 25.6 Å². The Bertz CT molecular complexity index is 975. The van der Waals surface area contributed by atoms with Gasteiger partial charge >= 0.3 is 0 Å². The van der Waals surface area contributed by atoms with Crippen molar-refractivity contribution in [3.63, 3.8) is 0 Å². The maximum Gasteiger partial charge on any atom is 0.246 e. The zero-order valence-electron chi connectivity index (χ0n) is 16.8. The zero-order chi connectivity index (χ0) is 20.8. The number of hydrogen-bond acceptors (Lipinski definition) is 8. The smallest absolute Gasteiger partial charge is 0.246 e. The number of rotatable bonds is 8. The Kier molecular flexibility index (Phi) is 6.36. The molecular formula is C22H25N5O3. The lowest BCUT2D eigenvalue weighted by atomic mass is 10.2. The summed E-state index contributed by atoms with van der Waals surface area (Å²) in [7, 11) is 1.63. The van der Waals surface area contributed by atoms with Crippen LogP contribution in [0.2, 0.25) is 0 Å². The Morgan fingerprint density at radius 2 is 2.00 bits per heavy atom. The standard InChI is InChI=1S/C22H25N5O3/c1-29-18-4-6-19(7-5-18)30-22-20(25-12-17-3-2-8-24-17)13-26-21(27-22)16-9-15(14-28)10-23-11-16/h4-7,9-11,13,17,24-25,28H,2-3,8,12,14H2,1H3. The van der Waals surface area contributed by atoms with Crippen LogP contribution >= 0.6 is 0 Å². The molecule has 8 nitrogen and oxygen atoms in total. The number of pyridine rings is 1. The Morgan fingerprint density at radius 1 is 1.17 bits per heavy atom. The van der Waals surface area contributed by atoms with Gasteiger partial charge in [-0.3, -0.25) is 4.98 Å². The van der Waals surface area contributed by atoms with Crippen molar-refractivity contribution >= 4 is 5.69 Å². The van der Waals surface area contributed by atoms with Crippen molar-refractivity contribution in [3.05, 3.63) is 54.5 Å². The molecule has 1 aliphatic heterocycles. The van der Waals surface area contributed by atoms with Gasteiger partial charge in [0.15, 0.2) is 5.82 Å². The minimum absolute atomic E-state index is 0.0932. The predicted octanol–water partition coefficient (Wildman–Crippen LogP) is 3.00. The van der Waals surface area contributed by atoms with E-state index in [0.717, 1.165) is 30.9 Å². The Hall–Kier alpha value is -3.23. The number of benzene rings is 1. The normalized spacial score (nSPS) is 15.7. The lowest BCUT2D eigenvalue weighted by Gasteiger charge is -2.16. The highest BCUT2D eigenvalue weighted by Gasteiger charge is 2.16. The largest absolute Gasteiger partial charge is 0.497 e. The topological polar surface area (TPSA) is 101 Å². The van der Waals surface area contributed by atoms with E-state index >= 15 is 0 Å². The van der Waals surface area contributed by atoms with Crippen LogP contribution in [0.4, 0.5) is 5.69 Å². The summed E-state index contributed by atoms with van der Waals surface area (Å²) >= 11 is 0. The van der Waals surface area contributed by atoms with Gasteiger partial charge in [0.05, 0.1) is 19.9 Å². The summed E-state index contributed by atoms with van der Waals surface area (Å²) in [5, 5.41) is 16.3. The highest BCUT2D eigenvalue weighted by atomic mass is 16.5.